The van der Waals surface area contributed by atoms with Crippen molar-refractivity contribution in [3.8, 4) is 5.75 Å². The summed E-state index contributed by atoms with van der Waals surface area (Å²) >= 11 is 0. The second kappa shape index (κ2) is 9.00. The van der Waals surface area contributed by atoms with E-state index in [0.717, 1.165) is 24.1 Å². The van der Waals surface area contributed by atoms with Crippen molar-refractivity contribution in [3.63, 3.8) is 0 Å². The molecule has 0 spiro atoms. The molecule has 0 aliphatic carbocycles. The third kappa shape index (κ3) is 4.18. The molecule has 0 radical (unpaired) electrons. The number of para-hydroxylation sites is 3. The summed E-state index contributed by atoms with van der Waals surface area (Å²) in [5, 5.41) is 2.61. The van der Waals surface area contributed by atoms with E-state index in [4.69, 9.17) is 4.74 Å². The number of carbonyl (C=O) groups excluding carboxylic acids is 1. The lowest BCUT2D eigenvalue weighted by molar-refractivity contribution is 0.102. The lowest BCUT2D eigenvalue weighted by Crippen LogP contribution is -2.35. The molecule has 1 N–H and O–H groups in total. The van der Waals surface area contributed by atoms with Crippen molar-refractivity contribution in [2.45, 2.75) is 24.7 Å². The van der Waals surface area contributed by atoms with E-state index in [1.165, 1.54) is 10.4 Å². The molecule has 1 heterocycles. The maximum atomic E-state index is 14.5. The van der Waals surface area contributed by atoms with Crippen LogP contribution >= 0.6 is 0 Å². The smallest absolute Gasteiger partial charge is 0.264 e. The Morgan fingerprint density at radius 1 is 1.09 bits per heavy atom. The van der Waals surface area contributed by atoms with Crippen LogP contribution in [0.1, 0.15) is 29.3 Å². The maximum absolute atomic E-state index is 14.5. The van der Waals surface area contributed by atoms with Crippen LogP contribution in [0.3, 0.4) is 0 Å². The Hall–Kier alpha value is -3.39. The Balaban J connectivity index is 1.67. The Labute approximate surface area is 186 Å². The fourth-order valence-corrected chi connectivity index (χ4v) is 5.32. The quantitative estimate of drug-likeness (QED) is 0.590. The van der Waals surface area contributed by atoms with Gasteiger partial charge in [-0.3, -0.25) is 9.10 Å². The fraction of sp³-hybridized carbons (Fsp3) is 0.208. The molecule has 3 aromatic carbocycles. The molecule has 0 bridgehead atoms. The Kier molecular flexibility index (Phi) is 6.14. The van der Waals surface area contributed by atoms with E-state index in [-0.39, 0.29) is 10.5 Å². The molecule has 0 fully saturated rings. The van der Waals surface area contributed by atoms with Gasteiger partial charge in [0, 0.05) is 6.54 Å². The second-order valence-electron chi connectivity index (χ2n) is 7.33. The van der Waals surface area contributed by atoms with Crippen molar-refractivity contribution in [2.24, 2.45) is 0 Å². The van der Waals surface area contributed by atoms with Crippen molar-refractivity contribution >= 4 is 27.3 Å². The van der Waals surface area contributed by atoms with Crippen molar-refractivity contribution in [3.05, 3.63) is 83.7 Å². The van der Waals surface area contributed by atoms with Gasteiger partial charge in [0.15, 0.2) is 0 Å². The van der Waals surface area contributed by atoms with Gasteiger partial charge in [-0.1, -0.05) is 30.3 Å². The number of halogens is 1. The number of aryl methyl sites for hydroxylation is 1. The molecule has 166 valence electrons. The van der Waals surface area contributed by atoms with E-state index in [0.29, 0.717) is 36.7 Å². The van der Waals surface area contributed by atoms with Crippen molar-refractivity contribution < 1.29 is 22.3 Å². The number of fused-ring (bicyclic) bond motifs is 1. The minimum atomic E-state index is -3.98. The van der Waals surface area contributed by atoms with E-state index in [2.05, 4.69) is 5.32 Å². The summed E-state index contributed by atoms with van der Waals surface area (Å²) in [6.07, 6.45) is 1.47. The first-order chi connectivity index (χ1) is 15.4. The summed E-state index contributed by atoms with van der Waals surface area (Å²) in [5.41, 5.74) is 1.56. The Morgan fingerprint density at radius 2 is 1.84 bits per heavy atom. The zero-order chi connectivity index (χ0) is 22.7. The molecule has 0 atom stereocenters. The van der Waals surface area contributed by atoms with Gasteiger partial charge in [0.05, 0.1) is 28.4 Å². The van der Waals surface area contributed by atoms with Gasteiger partial charge >= 0.3 is 0 Å². The van der Waals surface area contributed by atoms with E-state index >= 15 is 0 Å². The van der Waals surface area contributed by atoms with Gasteiger partial charge in [0.25, 0.3) is 15.9 Å². The summed E-state index contributed by atoms with van der Waals surface area (Å²) in [6.45, 7) is 2.53. The molecule has 1 aliphatic heterocycles. The largest absolute Gasteiger partial charge is 0.492 e. The van der Waals surface area contributed by atoms with Crippen molar-refractivity contribution in [1.29, 1.82) is 0 Å². The molecule has 1 amide bonds. The van der Waals surface area contributed by atoms with Crippen LogP contribution in [0.4, 0.5) is 15.8 Å². The number of sulfonamides is 1. The highest BCUT2D eigenvalue weighted by Crippen LogP contribution is 2.32. The standard InChI is InChI=1S/C24H23FN2O4S/c1-2-31-23-12-6-4-10-21(23)26-24(28)19-16-18(13-14-20(19)25)32(29,30)27-15-7-9-17-8-3-5-11-22(17)27/h3-6,8,10-14,16H,2,7,9,15H2,1H3,(H,26,28). The van der Waals surface area contributed by atoms with Gasteiger partial charge in [0.1, 0.15) is 11.6 Å². The molecule has 0 aromatic heterocycles. The van der Waals surface area contributed by atoms with Gasteiger partial charge in [-0.2, -0.15) is 0 Å². The number of anilines is 2. The Bertz CT molecular complexity index is 1260. The topological polar surface area (TPSA) is 75.7 Å². The lowest BCUT2D eigenvalue weighted by Gasteiger charge is -2.30. The number of ether oxygens (including phenoxy) is 1. The zero-order valence-electron chi connectivity index (χ0n) is 17.5. The normalized spacial score (nSPS) is 13.4. The van der Waals surface area contributed by atoms with Gasteiger partial charge < -0.3 is 10.1 Å². The Morgan fingerprint density at radius 3 is 2.66 bits per heavy atom. The third-order valence-electron chi connectivity index (χ3n) is 5.27. The maximum Gasteiger partial charge on any atom is 0.264 e. The highest BCUT2D eigenvalue weighted by molar-refractivity contribution is 7.92. The van der Waals surface area contributed by atoms with E-state index in [1.807, 2.05) is 19.1 Å². The van der Waals surface area contributed by atoms with Gasteiger partial charge in [-0.05, 0) is 61.7 Å². The van der Waals surface area contributed by atoms with Gasteiger partial charge in [-0.15, -0.1) is 0 Å². The minimum Gasteiger partial charge on any atom is -0.492 e. The molecule has 32 heavy (non-hydrogen) atoms. The molecule has 0 saturated carbocycles. The van der Waals surface area contributed by atoms with Crippen LogP contribution in [0.2, 0.25) is 0 Å². The molecule has 3 aromatic rings. The number of nitrogens with one attached hydrogen (secondary N) is 1. The first kappa shape index (κ1) is 21.8. The summed E-state index contributed by atoms with van der Waals surface area (Å²) in [4.78, 5) is 12.7. The van der Waals surface area contributed by atoms with E-state index in [1.54, 1.807) is 36.4 Å². The van der Waals surface area contributed by atoms with Crippen molar-refractivity contribution in [1.82, 2.24) is 0 Å². The highest BCUT2D eigenvalue weighted by atomic mass is 32.2. The number of amides is 1. The average molecular weight is 455 g/mol. The molecule has 8 heteroatoms. The number of hydrogen-bond acceptors (Lipinski definition) is 4. The lowest BCUT2D eigenvalue weighted by atomic mass is 10.0. The summed E-state index contributed by atoms with van der Waals surface area (Å²) in [7, 11) is -3.98. The first-order valence-corrected chi connectivity index (χ1v) is 11.8. The predicted octanol–water partition coefficient (Wildman–Crippen LogP) is 4.62. The minimum absolute atomic E-state index is 0.140. The third-order valence-corrected chi connectivity index (χ3v) is 7.08. The van der Waals surface area contributed by atoms with E-state index < -0.39 is 21.7 Å². The van der Waals surface area contributed by atoms with Crippen LogP contribution in [0.15, 0.2) is 71.6 Å². The van der Waals surface area contributed by atoms with Gasteiger partial charge in [0.2, 0.25) is 0 Å². The van der Waals surface area contributed by atoms with Crippen LogP contribution in [0.5, 0.6) is 5.75 Å². The molecule has 0 saturated heterocycles. The highest BCUT2D eigenvalue weighted by Gasteiger charge is 2.30. The molecule has 1 aliphatic rings. The average Bonchev–Trinajstić information content (AvgIpc) is 2.80. The van der Waals surface area contributed by atoms with E-state index in [9.17, 15) is 17.6 Å². The summed E-state index contributed by atoms with van der Waals surface area (Å²) in [6, 6.07) is 17.4. The number of rotatable bonds is 6. The number of nitrogens with zero attached hydrogens (tertiary/aromatic N) is 1. The molecular weight excluding hydrogens is 431 g/mol. The number of carbonyl (C=O) groups is 1. The summed E-state index contributed by atoms with van der Waals surface area (Å²) < 4.78 is 48.1. The number of benzene rings is 3. The molecule has 6 nitrogen and oxygen atoms in total. The molecular formula is C24H23FN2O4S. The number of hydrogen-bond donors (Lipinski definition) is 1. The second-order valence-corrected chi connectivity index (χ2v) is 9.20. The van der Waals surface area contributed by atoms with Crippen LogP contribution in [-0.4, -0.2) is 27.5 Å². The first-order valence-electron chi connectivity index (χ1n) is 10.3. The van der Waals surface area contributed by atoms with Gasteiger partial charge in [-0.25, -0.2) is 12.8 Å². The summed E-state index contributed by atoms with van der Waals surface area (Å²) in [5.74, 6) is -1.13. The van der Waals surface area contributed by atoms with Crippen LogP contribution in [0, 0.1) is 5.82 Å². The SMILES string of the molecule is CCOc1ccccc1NC(=O)c1cc(S(=O)(=O)N2CCCc3ccccc32)ccc1F. The fourth-order valence-electron chi connectivity index (χ4n) is 3.76. The van der Waals surface area contributed by atoms with Crippen LogP contribution < -0.4 is 14.4 Å². The monoisotopic (exact) mass is 454 g/mol. The molecule has 4 rings (SSSR count). The van der Waals surface area contributed by atoms with Crippen molar-refractivity contribution in [2.75, 3.05) is 22.8 Å². The van der Waals surface area contributed by atoms with Crippen LogP contribution in [-0.2, 0) is 16.4 Å². The predicted molar refractivity (Wildman–Crippen MR) is 121 cm³/mol. The molecule has 0 unspecified atom stereocenters. The van der Waals surface area contributed by atoms with Crippen LogP contribution in [0.25, 0.3) is 0 Å². The zero-order valence-corrected chi connectivity index (χ0v) is 18.4.